The molecule has 4 heteroatoms. The van der Waals surface area contributed by atoms with Crippen molar-refractivity contribution in [2.75, 3.05) is 19.4 Å². The maximum Gasteiger partial charge on any atom is 0.330 e. The molecule has 0 saturated carbocycles. The molecule has 0 rings (SSSR count). The van der Waals surface area contributed by atoms with Crippen molar-refractivity contribution in [2.24, 2.45) is 17.8 Å². The van der Waals surface area contributed by atoms with Crippen LogP contribution in [-0.2, 0) is 13.6 Å². The van der Waals surface area contributed by atoms with Gasteiger partial charge in [0.1, 0.15) is 0 Å². The van der Waals surface area contributed by atoms with Gasteiger partial charge in [0, 0.05) is 0 Å². The first-order valence-electron chi connectivity index (χ1n) is 12.2. The van der Waals surface area contributed by atoms with Crippen LogP contribution in [0.1, 0.15) is 119 Å². The van der Waals surface area contributed by atoms with Crippen LogP contribution >= 0.6 is 7.60 Å². The Hall–Kier alpha value is 0.150. The number of hydrogen-bond acceptors (Lipinski definition) is 3. The fraction of sp³-hybridized carbons (Fsp3) is 1.00. The van der Waals surface area contributed by atoms with Gasteiger partial charge in [-0.15, -0.1) is 0 Å². The van der Waals surface area contributed by atoms with E-state index in [9.17, 15) is 4.57 Å². The van der Waals surface area contributed by atoms with Gasteiger partial charge < -0.3 is 9.05 Å². The van der Waals surface area contributed by atoms with Crippen molar-refractivity contribution in [2.45, 2.75) is 119 Å². The minimum absolute atomic E-state index is 0.392. The highest BCUT2D eigenvalue weighted by Gasteiger charge is 2.28. The Morgan fingerprint density at radius 2 is 0.964 bits per heavy atom. The van der Waals surface area contributed by atoms with E-state index in [2.05, 4.69) is 41.5 Å². The van der Waals surface area contributed by atoms with Crippen LogP contribution in [0.15, 0.2) is 0 Å². The summed E-state index contributed by atoms with van der Waals surface area (Å²) in [5, 5.41) is 0. The maximum absolute atomic E-state index is 13.5. The van der Waals surface area contributed by atoms with Gasteiger partial charge in [-0.05, 0) is 30.6 Å². The van der Waals surface area contributed by atoms with E-state index >= 15 is 0 Å². The molecule has 0 bridgehead atoms. The first-order chi connectivity index (χ1) is 13.4. The molecule has 0 N–H and O–H groups in total. The highest BCUT2D eigenvalue weighted by molar-refractivity contribution is 7.53. The third kappa shape index (κ3) is 16.0. The lowest BCUT2D eigenvalue weighted by Crippen LogP contribution is -2.14. The Morgan fingerprint density at radius 3 is 1.32 bits per heavy atom. The molecule has 0 heterocycles. The van der Waals surface area contributed by atoms with Gasteiger partial charge in [-0.2, -0.15) is 0 Å². The maximum atomic E-state index is 13.5. The third-order valence-corrected chi connectivity index (χ3v) is 7.70. The van der Waals surface area contributed by atoms with Gasteiger partial charge in [0.15, 0.2) is 0 Å². The summed E-state index contributed by atoms with van der Waals surface area (Å²) in [6.45, 7) is 14.4. The minimum Gasteiger partial charge on any atom is -0.308 e. The van der Waals surface area contributed by atoms with Crippen molar-refractivity contribution in [1.82, 2.24) is 0 Å². The fourth-order valence-electron chi connectivity index (χ4n) is 3.49. The van der Waals surface area contributed by atoms with Gasteiger partial charge in [0.2, 0.25) is 0 Å². The average Bonchev–Trinajstić information content (AvgIpc) is 2.65. The van der Waals surface area contributed by atoms with Gasteiger partial charge in [0.25, 0.3) is 0 Å². The van der Waals surface area contributed by atoms with Crippen molar-refractivity contribution < 1.29 is 13.6 Å². The molecule has 170 valence electrons. The number of unbranched alkanes of at least 4 members (excludes halogenated alkanes) is 6. The molecule has 0 aliphatic rings. The van der Waals surface area contributed by atoms with Gasteiger partial charge in [-0.25, -0.2) is 0 Å². The standard InChI is InChI=1S/C24H51O3P/c1-7-10-13-16-22(4)19-26-28(25,21-24(6)18-15-12-9-3)27-20-23(5)17-14-11-8-2/h22-24H,7-21H2,1-6H3. The van der Waals surface area contributed by atoms with Crippen LogP contribution < -0.4 is 0 Å². The Labute approximate surface area is 177 Å². The van der Waals surface area contributed by atoms with E-state index in [1.54, 1.807) is 0 Å². The molecule has 3 nitrogen and oxygen atoms in total. The summed E-state index contributed by atoms with van der Waals surface area (Å²) in [5.41, 5.74) is 0. The van der Waals surface area contributed by atoms with Gasteiger partial charge in [-0.3, -0.25) is 4.57 Å². The van der Waals surface area contributed by atoms with Gasteiger partial charge in [0.05, 0.1) is 19.4 Å². The Balaban J connectivity index is 4.59. The topological polar surface area (TPSA) is 35.5 Å². The van der Waals surface area contributed by atoms with E-state index < -0.39 is 7.60 Å². The summed E-state index contributed by atoms with van der Waals surface area (Å²) in [6, 6.07) is 0. The van der Waals surface area contributed by atoms with Crippen LogP contribution in [0.3, 0.4) is 0 Å². The number of hydrogen-bond donors (Lipinski definition) is 0. The Bertz CT molecular complexity index is 362. The van der Waals surface area contributed by atoms with E-state index in [1.165, 1.54) is 57.8 Å². The van der Waals surface area contributed by atoms with E-state index in [-0.39, 0.29) is 0 Å². The van der Waals surface area contributed by atoms with Crippen molar-refractivity contribution in [3.63, 3.8) is 0 Å². The minimum atomic E-state index is -3.01. The summed E-state index contributed by atoms with van der Waals surface area (Å²) in [7, 11) is -3.01. The second-order valence-corrected chi connectivity index (χ2v) is 11.3. The monoisotopic (exact) mass is 418 g/mol. The van der Waals surface area contributed by atoms with Crippen LogP contribution in [0.2, 0.25) is 0 Å². The molecule has 0 spiro atoms. The fourth-order valence-corrected chi connectivity index (χ4v) is 5.69. The molecule has 0 aromatic carbocycles. The van der Waals surface area contributed by atoms with Crippen molar-refractivity contribution in [3.05, 3.63) is 0 Å². The lowest BCUT2D eigenvalue weighted by molar-refractivity contribution is 0.158. The first kappa shape index (κ1) is 28.1. The van der Waals surface area contributed by atoms with Crippen LogP contribution in [0.5, 0.6) is 0 Å². The highest BCUT2D eigenvalue weighted by atomic mass is 31.2. The molecule has 0 aliphatic heterocycles. The molecule has 0 fully saturated rings. The molecule has 0 aliphatic carbocycles. The average molecular weight is 419 g/mol. The lowest BCUT2D eigenvalue weighted by Gasteiger charge is -2.25. The Morgan fingerprint density at radius 1 is 0.607 bits per heavy atom. The molecule has 0 aromatic rings. The first-order valence-corrected chi connectivity index (χ1v) is 14.0. The third-order valence-electron chi connectivity index (χ3n) is 5.55. The number of rotatable bonds is 20. The summed E-state index contributed by atoms with van der Waals surface area (Å²) >= 11 is 0. The van der Waals surface area contributed by atoms with Crippen molar-refractivity contribution in [3.8, 4) is 0 Å². The smallest absolute Gasteiger partial charge is 0.308 e. The summed E-state index contributed by atoms with van der Waals surface area (Å²) in [6.07, 6.45) is 15.1. The molecule has 3 atom stereocenters. The zero-order valence-corrected chi connectivity index (χ0v) is 20.9. The summed E-state index contributed by atoms with van der Waals surface area (Å²) < 4.78 is 25.5. The zero-order chi connectivity index (χ0) is 21.3. The lowest BCUT2D eigenvalue weighted by atomic mass is 10.0. The predicted octanol–water partition coefficient (Wildman–Crippen LogP) is 8.86. The quantitative estimate of drug-likeness (QED) is 0.146. The van der Waals surface area contributed by atoms with Crippen LogP contribution in [-0.4, -0.2) is 19.4 Å². The van der Waals surface area contributed by atoms with Crippen LogP contribution in [0.25, 0.3) is 0 Å². The van der Waals surface area contributed by atoms with E-state index in [4.69, 9.17) is 9.05 Å². The zero-order valence-electron chi connectivity index (χ0n) is 20.0. The van der Waals surface area contributed by atoms with E-state index in [1.807, 2.05) is 0 Å². The molecule has 0 aromatic heterocycles. The van der Waals surface area contributed by atoms with Crippen molar-refractivity contribution >= 4 is 7.60 Å². The molecule has 3 unspecified atom stereocenters. The highest BCUT2D eigenvalue weighted by Crippen LogP contribution is 2.51. The second kappa shape index (κ2) is 18.0. The van der Waals surface area contributed by atoms with Crippen molar-refractivity contribution in [1.29, 1.82) is 0 Å². The van der Waals surface area contributed by atoms with Gasteiger partial charge in [-0.1, -0.05) is 106 Å². The van der Waals surface area contributed by atoms with E-state index in [0.29, 0.717) is 37.1 Å². The van der Waals surface area contributed by atoms with Crippen LogP contribution in [0.4, 0.5) is 0 Å². The Kier molecular flexibility index (Phi) is 18.1. The summed E-state index contributed by atoms with van der Waals surface area (Å²) in [4.78, 5) is 0. The molecular formula is C24H51O3P. The van der Waals surface area contributed by atoms with Gasteiger partial charge >= 0.3 is 7.60 Å². The molecule has 0 radical (unpaired) electrons. The molecular weight excluding hydrogens is 367 g/mol. The normalized spacial score (nSPS) is 17.2. The molecule has 0 saturated heterocycles. The largest absolute Gasteiger partial charge is 0.330 e. The van der Waals surface area contributed by atoms with Crippen LogP contribution in [0, 0.1) is 17.8 Å². The SMILES string of the molecule is CCCCCC(C)COP(=O)(CC(C)CCCCC)OCC(C)CCCCC. The summed E-state index contributed by atoms with van der Waals surface area (Å²) in [5.74, 6) is 1.28. The van der Waals surface area contributed by atoms with E-state index in [0.717, 1.165) is 19.3 Å². The molecule has 0 amide bonds. The second-order valence-electron chi connectivity index (χ2n) is 9.19. The predicted molar refractivity (Wildman–Crippen MR) is 124 cm³/mol. The molecule has 28 heavy (non-hydrogen) atoms.